The van der Waals surface area contributed by atoms with Gasteiger partial charge in [0, 0.05) is 5.56 Å². The minimum absolute atomic E-state index is 0.0951. The fourth-order valence-corrected chi connectivity index (χ4v) is 1.99. The molecule has 0 saturated carbocycles. The Morgan fingerprint density at radius 3 is 2.09 bits per heavy atom. The van der Waals surface area contributed by atoms with Crippen molar-refractivity contribution in [2.75, 3.05) is 0 Å². The van der Waals surface area contributed by atoms with Crippen LogP contribution in [-0.4, -0.2) is 22.9 Å². The van der Waals surface area contributed by atoms with Crippen LogP contribution in [0.4, 0.5) is 8.78 Å². The molecule has 2 rings (SSSR count). The first-order chi connectivity index (χ1) is 10.4. The monoisotopic (exact) mass is 305 g/mol. The zero-order chi connectivity index (χ0) is 16.3. The Morgan fingerprint density at radius 2 is 1.59 bits per heavy atom. The SMILES string of the molecule is N[C@H](Cc1ccc(C(=O)c2c(F)cccc2F)cc1)C(=O)O. The molecule has 0 spiro atoms. The molecular weight excluding hydrogens is 292 g/mol. The summed E-state index contributed by atoms with van der Waals surface area (Å²) in [5.41, 5.74) is 5.52. The van der Waals surface area contributed by atoms with Crippen LogP contribution < -0.4 is 5.73 Å². The molecule has 0 heterocycles. The van der Waals surface area contributed by atoms with E-state index in [0.29, 0.717) is 5.56 Å². The van der Waals surface area contributed by atoms with Crippen molar-refractivity contribution in [2.24, 2.45) is 5.73 Å². The lowest BCUT2D eigenvalue weighted by atomic mass is 9.99. The van der Waals surface area contributed by atoms with Crippen LogP contribution in [-0.2, 0) is 11.2 Å². The average Bonchev–Trinajstić information content (AvgIpc) is 2.47. The summed E-state index contributed by atoms with van der Waals surface area (Å²) in [7, 11) is 0. The van der Waals surface area contributed by atoms with Crippen LogP contribution in [0.2, 0.25) is 0 Å². The predicted molar refractivity (Wildman–Crippen MR) is 75.5 cm³/mol. The normalized spacial score (nSPS) is 12.0. The van der Waals surface area contributed by atoms with Crippen molar-refractivity contribution < 1.29 is 23.5 Å². The van der Waals surface area contributed by atoms with E-state index in [4.69, 9.17) is 10.8 Å². The second-order valence-corrected chi connectivity index (χ2v) is 4.77. The lowest BCUT2D eigenvalue weighted by molar-refractivity contribution is -0.138. The molecule has 0 aliphatic heterocycles. The first-order valence-corrected chi connectivity index (χ1v) is 6.46. The fraction of sp³-hybridized carbons (Fsp3) is 0.125. The number of rotatable bonds is 5. The van der Waals surface area contributed by atoms with Crippen LogP contribution in [0.25, 0.3) is 0 Å². The second kappa shape index (κ2) is 6.44. The number of benzene rings is 2. The van der Waals surface area contributed by atoms with Gasteiger partial charge in [-0.1, -0.05) is 30.3 Å². The summed E-state index contributed by atoms with van der Waals surface area (Å²) in [5.74, 6) is -3.76. The molecule has 3 N–H and O–H groups in total. The van der Waals surface area contributed by atoms with Crippen molar-refractivity contribution in [2.45, 2.75) is 12.5 Å². The topological polar surface area (TPSA) is 80.4 Å². The smallest absolute Gasteiger partial charge is 0.320 e. The molecule has 2 aromatic rings. The summed E-state index contributed by atoms with van der Waals surface area (Å²) >= 11 is 0. The van der Waals surface area contributed by atoms with Gasteiger partial charge in [0.2, 0.25) is 0 Å². The Bertz CT molecular complexity index is 694. The van der Waals surface area contributed by atoms with Crippen LogP contribution in [0.5, 0.6) is 0 Å². The van der Waals surface area contributed by atoms with Crippen LogP contribution in [0.15, 0.2) is 42.5 Å². The van der Waals surface area contributed by atoms with Gasteiger partial charge in [-0.2, -0.15) is 0 Å². The third-order valence-corrected chi connectivity index (χ3v) is 3.18. The summed E-state index contributed by atoms with van der Waals surface area (Å²) in [6.45, 7) is 0. The lowest BCUT2D eigenvalue weighted by Gasteiger charge is -2.08. The van der Waals surface area contributed by atoms with E-state index < -0.39 is 35.0 Å². The van der Waals surface area contributed by atoms with Gasteiger partial charge in [0.25, 0.3) is 0 Å². The highest BCUT2D eigenvalue weighted by atomic mass is 19.1. The van der Waals surface area contributed by atoms with E-state index in [0.717, 1.165) is 12.1 Å². The van der Waals surface area contributed by atoms with Gasteiger partial charge in [0.05, 0.1) is 5.56 Å². The van der Waals surface area contributed by atoms with Gasteiger partial charge >= 0.3 is 5.97 Å². The van der Waals surface area contributed by atoms with E-state index >= 15 is 0 Å². The Morgan fingerprint density at radius 1 is 1.05 bits per heavy atom. The minimum atomic E-state index is -1.13. The number of carbonyl (C=O) groups is 2. The van der Waals surface area contributed by atoms with Crippen LogP contribution in [0, 0.1) is 11.6 Å². The molecule has 1 atom stereocenters. The zero-order valence-corrected chi connectivity index (χ0v) is 11.4. The number of carbonyl (C=O) groups excluding carboxylic acids is 1. The summed E-state index contributed by atoms with van der Waals surface area (Å²) in [4.78, 5) is 22.8. The van der Waals surface area contributed by atoms with E-state index in [1.165, 1.54) is 30.3 Å². The van der Waals surface area contributed by atoms with Gasteiger partial charge in [-0.25, -0.2) is 8.78 Å². The number of nitrogens with two attached hydrogens (primary N) is 1. The van der Waals surface area contributed by atoms with Crippen LogP contribution in [0.3, 0.4) is 0 Å². The maximum absolute atomic E-state index is 13.6. The van der Waals surface area contributed by atoms with E-state index in [-0.39, 0.29) is 12.0 Å². The largest absolute Gasteiger partial charge is 0.480 e. The van der Waals surface area contributed by atoms with Gasteiger partial charge in [0.15, 0.2) is 5.78 Å². The molecule has 22 heavy (non-hydrogen) atoms. The number of ketones is 1. The molecule has 2 aromatic carbocycles. The summed E-state index contributed by atoms with van der Waals surface area (Å²) < 4.78 is 27.2. The van der Waals surface area contributed by atoms with Gasteiger partial charge in [0.1, 0.15) is 17.7 Å². The van der Waals surface area contributed by atoms with Crippen molar-refractivity contribution in [3.63, 3.8) is 0 Å². The third-order valence-electron chi connectivity index (χ3n) is 3.18. The van der Waals surface area contributed by atoms with Crippen LogP contribution in [0.1, 0.15) is 21.5 Å². The van der Waals surface area contributed by atoms with E-state index in [2.05, 4.69) is 0 Å². The van der Waals surface area contributed by atoms with Crippen molar-refractivity contribution in [1.82, 2.24) is 0 Å². The summed E-state index contributed by atoms with van der Waals surface area (Å²) in [6.07, 6.45) is 0.0951. The molecule has 0 saturated heterocycles. The maximum Gasteiger partial charge on any atom is 0.320 e. The van der Waals surface area contributed by atoms with Gasteiger partial charge in [-0.15, -0.1) is 0 Å². The number of carboxylic acids is 1. The highest BCUT2D eigenvalue weighted by Gasteiger charge is 2.19. The molecule has 0 radical (unpaired) electrons. The molecule has 0 bridgehead atoms. The zero-order valence-electron chi connectivity index (χ0n) is 11.4. The number of halogens is 2. The predicted octanol–water partition coefficient (Wildman–Crippen LogP) is 2.15. The molecule has 4 nitrogen and oxygen atoms in total. The van der Waals surface area contributed by atoms with Gasteiger partial charge < -0.3 is 10.8 Å². The number of hydrogen-bond donors (Lipinski definition) is 2. The van der Waals surface area contributed by atoms with E-state index in [1.54, 1.807) is 0 Å². The number of hydrogen-bond acceptors (Lipinski definition) is 3. The number of carboxylic acid groups (broad SMARTS) is 1. The first kappa shape index (κ1) is 15.8. The highest BCUT2D eigenvalue weighted by molar-refractivity contribution is 6.09. The molecular formula is C16H13F2NO3. The third kappa shape index (κ3) is 3.35. The summed E-state index contributed by atoms with van der Waals surface area (Å²) in [5, 5.41) is 8.73. The van der Waals surface area contributed by atoms with Crippen LogP contribution >= 0.6 is 0 Å². The quantitative estimate of drug-likeness (QED) is 0.829. The van der Waals surface area contributed by atoms with Gasteiger partial charge in [-0.05, 0) is 24.1 Å². The van der Waals surface area contributed by atoms with Crippen molar-refractivity contribution in [1.29, 1.82) is 0 Å². The maximum atomic E-state index is 13.6. The Balaban J connectivity index is 2.24. The molecule has 6 heteroatoms. The Hall–Kier alpha value is -2.60. The van der Waals surface area contributed by atoms with Gasteiger partial charge in [-0.3, -0.25) is 9.59 Å². The lowest BCUT2D eigenvalue weighted by Crippen LogP contribution is -2.32. The standard InChI is InChI=1S/C16H13F2NO3/c17-11-2-1-3-12(18)14(11)15(20)10-6-4-9(5-7-10)8-13(19)16(21)22/h1-7,13H,8,19H2,(H,21,22)/t13-/m1/s1. The molecule has 0 unspecified atom stereocenters. The molecule has 114 valence electrons. The Kier molecular flexibility index (Phi) is 4.62. The van der Waals surface area contributed by atoms with Crippen molar-refractivity contribution in [3.8, 4) is 0 Å². The molecule has 0 aromatic heterocycles. The fourth-order valence-electron chi connectivity index (χ4n) is 1.99. The average molecular weight is 305 g/mol. The minimum Gasteiger partial charge on any atom is -0.480 e. The summed E-state index contributed by atoms with van der Waals surface area (Å²) in [6, 6.07) is 7.94. The first-order valence-electron chi connectivity index (χ1n) is 6.46. The molecule has 0 amide bonds. The molecule has 0 aliphatic carbocycles. The van der Waals surface area contributed by atoms with E-state index in [9.17, 15) is 18.4 Å². The van der Waals surface area contributed by atoms with E-state index in [1.807, 2.05) is 0 Å². The number of aliphatic carboxylic acids is 1. The highest BCUT2D eigenvalue weighted by Crippen LogP contribution is 2.18. The van der Waals surface area contributed by atoms with Crippen molar-refractivity contribution in [3.05, 3.63) is 70.8 Å². The Labute approximate surface area is 125 Å². The molecule has 0 fully saturated rings. The van der Waals surface area contributed by atoms with Crippen molar-refractivity contribution >= 4 is 11.8 Å². The second-order valence-electron chi connectivity index (χ2n) is 4.77. The molecule has 0 aliphatic rings.